The van der Waals surface area contributed by atoms with Crippen LogP contribution in [0.15, 0.2) is 0 Å². The molecule has 6 heteroatoms. The topological polar surface area (TPSA) is 18.5 Å². The average Bonchev–Trinajstić information content (AvgIpc) is 3.17. The molecule has 3 nitrogen and oxygen atoms in total. The van der Waals surface area contributed by atoms with Gasteiger partial charge < -0.3 is 5.32 Å². The van der Waals surface area contributed by atoms with Crippen LogP contribution >= 0.6 is 0 Å². The van der Waals surface area contributed by atoms with Crippen molar-refractivity contribution in [3.8, 4) is 0 Å². The van der Waals surface area contributed by atoms with Crippen LogP contribution in [-0.2, 0) is 0 Å². The Morgan fingerprint density at radius 2 is 1.80 bits per heavy atom. The molecule has 0 amide bonds. The average molecular weight is 293 g/mol. The molecule has 0 spiro atoms. The summed E-state index contributed by atoms with van der Waals surface area (Å²) in [4.78, 5) is 3.84. The fourth-order valence-corrected chi connectivity index (χ4v) is 2.79. The normalized spacial score (nSPS) is 24.0. The molecule has 1 aliphatic carbocycles. The van der Waals surface area contributed by atoms with Crippen LogP contribution in [0.4, 0.5) is 13.2 Å². The van der Waals surface area contributed by atoms with Crippen LogP contribution in [0.1, 0.15) is 32.6 Å². The fraction of sp³-hybridized carbons (Fsp3) is 1.00. The van der Waals surface area contributed by atoms with Gasteiger partial charge >= 0.3 is 6.18 Å². The summed E-state index contributed by atoms with van der Waals surface area (Å²) in [5, 5.41) is 3.50. The number of hydrogen-bond donors (Lipinski definition) is 1. The molecule has 1 N–H and O–H groups in total. The van der Waals surface area contributed by atoms with E-state index in [4.69, 9.17) is 0 Å². The van der Waals surface area contributed by atoms with E-state index in [0.29, 0.717) is 19.1 Å². The van der Waals surface area contributed by atoms with Crippen LogP contribution < -0.4 is 5.32 Å². The standard InChI is InChI=1S/C14H26F3N3/c1-12(3-2-6-18-13-4-5-13)20-9-7-19(8-10-20)11-14(15,16)17/h12-13,18H,2-11H2,1H3. The SMILES string of the molecule is CC(CCCNC1CC1)N1CCN(CC(F)(F)F)CC1. The van der Waals surface area contributed by atoms with Gasteiger partial charge in [-0.15, -0.1) is 0 Å². The Bertz CT molecular complexity index is 284. The Kier molecular flexibility index (Phi) is 5.69. The van der Waals surface area contributed by atoms with E-state index >= 15 is 0 Å². The van der Waals surface area contributed by atoms with Crippen LogP contribution in [0.25, 0.3) is 0 Å². The Morgan fingerprint density at radius 1 is 1.15 bits per heavy atom. The highest BCUT2D eigenvalue weighted by molar-refractivity contribution is 4.81. The van der Waals surface area contributed by atoms with Gasteiger partial charge in [-0.3, -0.25) is 9.80 Å². The van der Waals surface area contributed by atoms with Gasteiger partial charge in [0.05, 0.1) is 6.54 Å². The van der Waals surface area contributed by atoms with E-state index in [1.165, 1.54) is 17.7 Å². The molecule has 1 unspecified atom stereocenters. The maximum atomic E-state index is 12.3. The van der Waals surface area contributed by atoms with Gasteiger partial charge in [0, 0.05) is 38.3 Å². The third-order valence-electron chi connectivity index (χ3n) is 4.24. The van der Waals surface area contributed by atoms with Crippen molar-refractivity contribution in [1.82, 2.24) is 15.1 Å². The predicted molar refractivity (Wildman–Crippen MR) is 73.8 cm³/mol. The Morgan fingerprint density at radius 3 is 2.35 bits per heavy atom. The molecule has 0 aromatic heterocycles. The highest BCUT2D eigenvalue weighted by atomic mass is 19.4. The first-order valence-corrected chi connectivity index (χ1v) is 7.70. The van der Waals surface area contributed by atoms with Crippen molar-refractivity contribution in [3.05, 3.63) is 0 Å². The zero-order valence-electron chi connectivity index (χ0n) is 12.3. The second-order valence-electron chi connectivity index (χ2n) is 6.15. The van der Waals surface area contributed by atoms with Gasteiger partial charge in [-0.2, -0.15) is 13.2 Å². The van der Waals surface area contributed by atoms with E-state index in [0.717, 1.165) is 38.5 Å². The Labute approximate surface area is 119 Å². The lowest BCUT2D eigenvalue weighted by Gasteiger charge is -2.38. The summed E-state index contributed by atoms with van der Waals surface area (Å²) in [5.74, 6) is 0. The second kappa shape index (κ2) is 7.09. The number of halogens is 3. The van der Waals surface area contributed by atoms with Gasteiger partial charge in [0.2, 0.25) is 0 Å². The van der Waals surface area contributed by atoms with Crippen molar-refractivity contribution in [3.63, 3.8) is 0 Å². The Hall–Kier alpha value is -0.330. The first kappa shape index (κ1) is 16.0. The molecule has 0 bridgehead atoms. The molecule has 1 saturated heterocycles. The summed E-state index contributed by atoms with van der Waals surface area (Å²) in [6, 6.07) is 1.24. The number of nitrogens with one attached hydrogen (secondary N) is 1. The number of alkyl halides is 3. The highest BCUT2D eigenvalue weighted by Gasteiger charge is 2.32. The number of hydrogen-bond acceptors (Lipinski definition) is 3. The van der Waals surface area contributed by atoms with Crippen LogP contribution in [0.5, 0.6) is 0 Å². The molecule has 0 aromatic carbocycles. The van der Waals surface area contributed by atoms with E-state index in [-0.39, 0.29) is 0 Å². The summed E-state index contributed by atoms with van der Waals surface area (Å²) in [6.07, 6.45) is 0.842. The van der Waals surface area contributed by atoms with Crippen molar-refractivity contribution in [1.29, 1.82) is 0 Å². The maximum Gasteiger partial charge on any atom is 0.401 e. The predicted octanol–water partition coefficient (Wildman–Crippen LogP) is 2.09. The van der Waals surface area contributed by atoms with Gasteiger partial charge in [-0.1, -0.05) is 0 Å². The molecule has 20 heavy (non-hydrogen) atoms. The molecule has 1 aliphatic heterocycles. The highest BCUT2D eigenvalue weighted by Crippen LogP contribution is 2.20. The van der Waals surface area contributed by atoms with Gasteiger partial charge in [-0.25, -0.2) is 0 Å². The molecular weight excluding hydrogens is 267 g/mol. The largest absolute Gasteiger partial charge is 0.401 e. The fourth-order valence-electron chi connectivity index (χ4n) is 2.79. The van der Waals surface area contributed by atoms with Crippen molar-refractivity contribution >= 4 is 0 Å². The van der Waals surface area contributed by atoms with Crippen LogP contribution in [0.2, 0.25) is 0 Å². The second-order valence-corrected chi connectivity index (χ2v) is 6.15. The third kappa shape index (κ3) is 5.97. The molecule has 118 valence electrons. The van der Waals surface area contributed by atoms with Gasteiger partial charge in [0.25, 0.3) is 0 Å². The molecule has 1 atom stereocenters. The van der Waals surface area contributed by atoms with Gasteiger partial charge in [0.1, 0.15) is 0 Å². The van der Waals surface area contributed by atoms with E-state index in [2.05, 4.69) is 17.1 Å². The van der Waals surface area contributed by atoms with Gasteiger partial charge in [-0.05, 0) is 39.2 Å². The quantitative estimate of drug-likeness (QED) is 0.725. The monoisotopic (exact) mass is 293 g/mol. The van der Waals surface area contributed by atoms with Crippen molar-refractivity contribution in [2.45, 2.75) is 50.9 Å². The first-order valence-electron chi connectivity index (χ1n) is 7.70. The molecule has 1 heterocycles. The molecular formula is C14H26F3N3. The Balaban J connectivity index is 1.57. The molecule has 2 fully saturated rings. The first-order chi connectivity index (χ1) is 9.44. The third-order valence-corrected chi connectivity index (χ3v) is 4.24. The number of piperazine rings is 1. The summed E-state index contributed by atoms with van der Waals surface area (Å²) >= 11 is 0. The van der Waals surface area contributed by atoms with Crippen molar-refractivity contribution < 1.29 is 13.2 Å². The summed E-state index contributed by atoms with van der Waals surface area (Å²) in [6.45, 7) is 5.08. The van der Waals surface area contributed by atoms with Crippen LogP contribution in [0.3, 0.4) is 0 Å². The summed E-state index contributed by atoms with van der Waals surface area (Å²) in [7, 11) is 0. The molecule has 0 radical (unpaired) electrons. The number of nitrogens with zero attached hydrogens (tertiary/aromatic N) is 2. The lowest BCUT2D eigenvalue weighted by Crippen LogP contribution is -2.51. The lowest BCUT2D eigenvalue weighted by atomic mass is 10.1. The zero-order valence-corrected chi connectivity index (χ0v) is 12.3. The van der Waals surface area contributed by atoms with Crippen LogP contribution in [-0.4, -0.2) is 67.3 Å². The van der Waals surface area contributed by atoms with Crippen LogP contribution in [0, 0.1) is 0 Å². The van der Waals surface area contributed by atoms with Crippen molar-refractivity contribution in [2.75, 3.05) is 39.3 Å². The van der Waals surface area contributed by atoms with E-state index in [9.17, 15) is 13.2 Å². The summed E-state index contributed by atoms with van der Waals surface area (Å²) < 4.78 is 36.9. The lowest BCUT2D eigenvalue weighted by molar-refractivity contribution is -0.149. The summed E-state index contributed by atoms with van der Waals surface area (Å²) in [5.41, 5.74) is 0. The molecule has 0 aromatic rings. The zero-order chi connectivity index (χ0) is 14.6. The van der Waals surface area contributed by atoms with E-state index in [1.807, 2.05) is 0 Å². The number of rotatable bonds is 7. The van der Waals surface area contributed by atoms with Gasteiger partial charge in [0.15, 0.2) is 0 Å². The molecule has 2 rings (SSSR count). The minimum absolute atomic E-state index is 0.476. The minimum atomic E-state index is -4.07. The van der Waals surface area contributed by atoms with Crippen molar-refractivity contribution in [2.24, 2.45) is 0 Å². The minimum Gasteiger partial charge on any atom is -0.314 e. The molecule has 1 saturated carbocycles. The van der Waals surface area contributed by atoms with E-state index < -0.39 is 12.7 Å². The smallest absolute Gasteiger partial charge is 0.314 e. The van der Waals surface area contributed by atoms with E-state index in [1.54, 1.807) is 0 Å². The molecule has 2 aliphatic rings. The maximum absolute atomic E-state index is 12.3.